The van der Waals surface area contributed by atoms with Gasteiger partial charge in [-0.2, -0.15) is 0 Å². The monoisotopic (exact) mass is 178 g/mol. The molecule has 0 aromatic carbocycles. The first-order valence-electron chi connectivity index (χ1n) is 4.14. The van der Waals surface area contributed by atoms with Crippen LogP contribution in [0.4, 0.5) is 0 Å². The molecular formula is C8H19ClN2. The van der Waals surface area contributed by atoms with Gasteiger partial charge in [0.15, 0.2) is 0 Å². The molecule has 0 aromatic rings. The summed E-state index contributed by atoms with van der Waals surface area (Å²) in [5.74, 6) is 0.712. The van der Waals surface area contributed by atoms with E-state index in [1.807, 2.05) is 0 Å². The molecule has 3 heteroatoms. The second kappa shape index (κ2) is 6.89. The molecule has 1 atom stereocenters. The predicted octanol–water partition coefficient (Wildman–Crippen LogP) is 1.16. The number of halogens is 1. The van der Waals surface area contributed by atoms with Crippen LogP contribution < -0.4 is 5.32 Å². The summed E-state index contributed by atoms with van der Waals surface area (Å²) < 4.78 is 0. The van der Waals surface area contributed by atoms with Crippen molar-refractivity contribution in [3.8, 4) is 0 Å². The first kappa shape index (κ1) is 11.2. The van der Waals surface area contributed by atoms with E-state index >= 15 is 0 Å². The van der Waals surface area contributed by atoms with Crippen LogP contribution >= 0.6 is 11.6 Å². The first-order chi connectivity index (χ1) is 5.20. The van der Waals surface area contributed by atoms with Crippen molar-refractivity contribution < 1.29 is 0 Å². The number of hydrogen-bond donors (Lipinski definition) is 1. The largest absolute Gasteiger partial charge is 0.312 e. The standard InChI is InChI=1S/C8H19ClN2/c1-4-8(7-9)10-5-6-11(2)3/h8,10H,4-7H2,1-3H3. The predicted molar refractivity (Wildman–Crippen MR) is 51.4 cm³/mol. The number of alkyl halides is 1. The van der Waals surface area contributed by atoms with Crippen LogP contribution in [0.3, 0.4) is 0 Å². The second-order valence-electron chi connectivity index (χ2n) is 3.02. The average Bonchev–Trinajstić information content (AvgIpc) is 1.98. The van der Waals surface area contributed by atoms with Gasteiger partial charge >= 0.3 is 0 Å². The minimum Gasteiger partial charge on any atom is -0.312 e. The lowest BCUT2D eigenvalue weighted by molar-refractivity contribution is 0.386. The third-order valence-electron chi connectivity index (χ3n) is 1.67. The van der Waals surface area contributed by atoms with Gasteiger partial charge in [-0.3, -0.25) is 0 Å². The zero-order valence-electron chi connectivity index (χ0n) is 7.73. The van der Waals surface area contributed by atoms with Crippen LogP contribution in [0.1, 0.15) is 13.3 Å². The third kappa shape index (κ3) is 6.60. The van der Waals surface area contributed by atoms with Crippen molar-refractivity contribution in [2.75, 3.05) is 33.1 Å². The maximum Gasteiger partial charge on any atom is 0.0377 e. The van der Waals surface area contributed by atoms with Gasteiger partial charge in [0.2, 0.25) is 0 Å². The van der Waals surface area contributed by atoms with E-state index in [-0.39, 0.29) is 0 Å². The fourth-order valence-electron chi connectivity index (χ4n) is 0.800. The van der Waals surface area contributed by atoms with Crippen molar-refractivity contribution >= 4 is 11.6 Å². The normalized spacial score (nSPS) is 13.9. The molecule has 0 bridgehead atoms. The van der Waals surface area contributed by atoms with Crippen LogP contribution in [0.5, 0.6) is 0 Å². The van der Waals surface area contributed by atoms with E-state index < -0.39 is 0 Å². The topological polar surface area (TPSA) is 15.3 Å². The highest BCUT2D eigenvalue weighted by molar-refractivity contribution is 6.18. The fraction of sp³-hybridized carbons (Fsp3) is 1.00. The maximum atomic E-state index is 5.71. The van der Waals surface area contributed by atoms with E-state index in [1.54, 1.807) is 0 Å². The SMILES string of the molecule is CCC(CCl)NCCN(C)C. The minimum atomic E-state index is 0.483. The summed E-state index contributed by atoms with van der Waals surface area (Å²) >= 11 is 5.71. The highest BCUT2D eigenvalue weighted by atomic mass is 35.5. The van der Waals surface area contributed by atoms with Gasteiger partial charge in [0.05, 0.1) is 0 Å². The summed E-state index contributed by atoms with van der Waals surface area (Å²) in [6.07, 6.45) is 1.11. The highest BCUT2D eigenvalue weighted by Gasteiger charge is 2.01. The van der Waals surface area contributed by atoms with Gasteiger partial charge in [-0.05, 0) is 20.5 Å². The van der Waals surface area contributed by atoms with Crippen LogP contribution in [0.25, 0.3) is 0 Å². The van der Waals surface area contributed by atoms with Crippen molar-refractivity contribution in [2.45, 2.75) is 19.4 Å². The Morgan fingerprint density at radius 2 is 2.09 bits per heavy atom. The molecule has 11 heavy (non-hydrogen) atoms. The minimum absolute atomic E-state index is 0.483. The summed E-state index contributed by atoms with van der Waals surface area (Å²) in [6, 6.07) is 0.483. The average molecular weight is 179 g/mol. The molecule has 0 aliphatic heterocycles. The lowest BCUT2D eigenvalue weighted by atomic mass is 10.2. The summed E-state index contributed by atoms with van der Waals surface area (Å²) in [5, 5.41) is 3.38. The molecule has 2 nitrogen and oxygen atoms in total. The van der Waals surface area contributed by atoms with Crippen molar-refractivity contribution in [3.63, 3.8) is 0 Å². The molecule has 1 N–H and O–H groups in total. The number of nitrogens with zero attached hydrogens (tertiary/aromatic N) is 1. The highest BCUT2D eigenvalue weighted by Crippen LogP contribution is 1.92. The fourth-order valence-corrected chi connectivity index (χ4v) is 1.13. The second-order valence-corrected chi connectivity index (χ2v) is 3.33. The molecule has 0 rings (SSSR count). The third-order valence-corrected chi connectivity index (χ3v) is 2.04. The van der Waals surface area contributed by atoms with Gasteiger partial charge in [-0.15, -0.1) is 11.6 Å². The van der Waals surface area contributed by atoms with Gasteiger partial charge in [0.1, 0.15) is 0 Å². The van der Waals surface area contributed by atoms with E-state index in [4.69, 9.17) is 11.6 Å². The van der Waals surface area contributed by atoms with E-state index in [2.05, 4.69) is 31.2 Å². The zero-order chi connectivity index (χ0) is 8.69. The molecule has 0 fully saturated rings. The number of hydrogen-bond acceptors (Lipinski definition) is 2. The Balaban J connectivity index is 3.21. The van der Waals surface area contributed by atoms with Crippen LogP contribution in [0, 0.1) is 0 Å². The Morgan fingerprint density at radius 3 is 2.45 bits per heavy atom. The molecular weight excluding hydrogens is 160 g/mol. The Kier molecular flexibility index (Phi) is 7.02. The van der Waals surface area contributed by atoms with Crippen molar-refractivity contribution in [1.82, 2.24) is 10.2 Å². The molecule has 0 saturated carbocycles. The van der Waals surface area contributed by atoms with Gasteiger partial charge in [0, 0.05) is 25.0 Å². The molecule has 68 valence electrons. The van der Waals surface area contributed by atoms with Gasteiger partial charge < -0.3 is 10.2 Å². The van der Waals surface area contributed by atoms with Gasteiger partial charge in [0.25, 0.3) is 0 Å². The number of nitrogens with one attached hydrogen (secondary N) is 1. The molecule has 1 unspecified atom stereocenters. The lowest BCUT2D eigenvalue weighted by Crippen LogP contribution is -2.35. The molecule has 0 aromatic heterocycles. The van der Waals surface area contributed by atoms with Crippen molar-refractivity contribution in [1.29, 1.82) is 0 Å². The van der Waals surface area contributed by atoms with Crippen molar-refractivity contribution in [2.24, 2.45) is 0 Å². The molecule has 0 aliphatic rings. The molecule has 0 saturated heterocycles. The Hall–Kier alpha value is 0.210. The van der Waals surface area contributed by atoms with Gasteiger partial charge in [-0.25, -0.2) is 0 Å². The van der Waals surface area contributed by atoms with Crippen LogP contribution in [0.2, 0.25) is 0 Å². The summed E-state index contributed by atoms with van der Waals surface area (Å²) in [6.45, 7) is 4.25. The van der Waals surface area contributed by atoms with E-state index in [9.17, 15) is 0 Å². The smallest absolute Gasteiger partial charge is 0.0377 e. The van der Waals surface area contributed by atoms with Crippen LogP contribution in [0.15, 0.2) is 0 Å². The van der Waals surface area contributed by atoms with Crippen LogP contribution in [-0.4, -0.2) is 44.0 Å². The molecule has 0 amide bonds. The van der Waals surface area contributed by atoms with Crippen LogP contribution in [-0.2, 0) is 0 Å². The Morgan fingerprint density at radius 1 is 1.45 bits per heavy atom. The van der Waals surface area contributed by atoms with Crippen molar-refractivity contribution in [3.05, 3.63) is 0 Å². The van der Waals surface area contributed by atoms with E-state index in [0.29, 0.717) is 11.9 Å². The molecule has 0 aliphatic carbocycles. The summed E-state index contributed by atoms with van der Waals surface area (Å²) in [4.78, 5) is 2.16. The zero-order valence-corrected chi connectivity index (χ0v) is 8.49. The Labute approximate surface area is 74.9 Å². The molecule has 0 spiro atoms. The maximum absolute atomic E-state index is 5.71. The molecule has 0 radical (unpaired) electrons. The summed E-state index contributed by atoms with van der Waals surface area (Å²) in [7, 11) is 4.15. The lowest BCUT2D eigenvalue weighted by Gasteiger charge is -2.15. The number of rotatable bonds is 6. The quantitative estimate of drug-likeness (QED) is 0.615. The first-order valence-corrected chi connectivity index (χ1v) is 4.68. The number of likely N-dealkylation sites (N-methyl/N-ethyl adjacent to an activating group) is 1. The summed E-state index contributed by atoms with van der Waals surface area (Å²) in [5.41, 5.74) is 0. The van der Waals surface area contributed by atoms with E-state index in [0.717, 1.165) is 19.5 Å². The van der Waals surface area contributed by atoms with E-state index in [1.165, 1.54) is 0 Å². The Bertz CT molecular complexity index is 82.2. The molecule has 0 heterocycles. The van der Waals surface area contributed by atoms with Gasteiger partial charge in [-0.1, -0.05) is 6.92 Å².